The Labute approximate surface area is 156 Å². The van der Waals surface area contributed by atoms with E-state index in [0.29, 0.717) is 23.7 Å². The molecule has 0 atom stereocenters. The molecule has 2 N–H and O–H groups in total. The largest absolute Gasteiger partial charge is 0.339 e. The van der Waals surface area contributed by atoms with Gasteiger partial charge in [0.15, 0.2) is 0 Å². The number of amides is 1. The molecule has 0 bridgehead atoms. The fraction of sp³-hybridized carbons (Fsp3) is 0.632. The Bertz CT molecular complexity index is 723. The molecule has 26 heavy (non-hydrogen) atoms. The van der Waals surface area contributed by atoms with Crippen molar-refractivity contribution in [1.82, 2.24) is 10.2 Å². The number of hydrogen-bond acceptors (Lipinski definition) is 4. The number of hydrogen-bond donors (Lipinski definition) is 2. The van der Waals surface area contributed by atoms with Crippen molar-refractivity contribution in [2.45, 2.75) is 45.1 Å². The molecule has 1 aromatic carbocycles. The van der Waals surface area contributed by atoms with Gasteiger partial charge < -0.3 is 10.2 Å². The average Bonchev–Trinajstić information content (AvgIpc) is 3.44. The maximum atomic E-state index is 12.8. The normalized spacial score (nSPS) is 18.7. The second-order valence-electron chi connectivity index (χ2n) is 7.42. The lowest BCUT2D eigenvalue weighted by molar-refractivity contribution is 0.0705. The molecule has 1 aliphatic carbocycles. The number of benzene rings is 1. The molecule has 1 aliphatic heterocycles. The maximum absolute atomic E-state index is 12.8. The molecule has 2 fully saturated rings. The lowest BCUT2D eigenvalue weighted by Gasteiger charge is -2.32. The van der Waals surface area contributed by atoms with E-state index in [4.69, 9.17) is 0 Å². The van der Waals surface area contributed by atoms with Crippen LogP contribution in [-0.2, 0) is 10.0 Å². The van der Waals surface area contributed by atoms with Gasteiger partial charge in [0.05, 0.1) is 5.75 Å². The fourth-order valence-electron chi connectivity index (χ4n) is 3.34. The van der Waals surface area contributed by atoms with Crippen LogP contribution in [0.3, 0.4) is 0 Å². The van der Waals surface area contributed by atoms with Crippen molar-refractivity contribution < 1.29 is 13.2 Å². The van der Waals surface area contributed by atoms with Crippen LogP contribution < -0.4 is 10.0 Å². The van der Waals surface area contributed by atoms with Gasteiger partial charge in [0, 0.05) is 30.4 Å². The highest BCUT2D eigenvalue weighted by molar-refractivity contribution is 7.92. The van der Waals surface area contributed by atoms with Crippen LogP contribution in [0.5, 0.6) is 0 Å². The summed E-state index contributed by atoms with van der Waals surface area (Å²) in [5, 5.41) is 3.61. The summed E-state index contributed by atoms with van der Waals surface area (Å²) in [6, 6.07) is 7.29. The van der Waals surface area contributed by atoms with E-state index in [2.05, 4.69) is 10.0 Å². The second-order valence-corrected chi connectivity index (χ2v) is 9.26. The maximum Gasteiger partial charge on any atom is 0.253 e. The minimum Gasteiger partial charge on any atom is -0.339 e. The van der Waals surface area contributed by atoms with E-state index in [9.17, 15) is 13.2 Å². The number of piperidine rings is 1. The van der Waals surface area contributed by atoms with Crippen molar-refractivity contribution in [2.75, 3.05) is 30.1 Å². The smallest absolute Gasteiger partial charge is 0.253 e. The third-order valence-electron chi connectivity index (χ3n) is 5.03. The molecule has 3 rings (SSSR count). The van der Waals surface area contributed by atoms with Gasteiger partial charge in [-0.1, -0.05) is 13.0 Å². The Morgan fingerprint density at radius 1 is 1.19 bits per heavy atom. The highest BCUT2D eigenvalue weighted by Gasteiger charge is 2.26. The molecular weight excluding hydrogens is 350 g/mol. The summed E-state index contributed by atoms with van der Waals surface area (Å²) in [6.45, 7) is 4.42. The van der Waals surface area contributed by atoms with Gasteiger partial charge in [-0.15, -0.1) is 0 Å². The van der Waals surface area contributed by atoms with Crippen molar-refractivity contribution in [2.24, 2.45) is 5.92 Å². The van der Waals surface area contributed by atoms with E-state index in [0.717, 1.165) is 38.4 Å². The van der Waals surface area contributed by atoms with Gasteiger partial charge in [-0.05, 0) is 62.8 Å². The fourth-order valence-corrected chi connectivity index (χ4v) is 4.47. The molecule has 1 saturated carbocycles. The Kier molecular flexibility index (Phi) is 6.19. The first kappa shape index (κ1) is 19.2. The van der Waals surface area contributed by atoms with Crippen molar-refractivity contribution in [3.05, 3.63) is 29.8 Å². The highest BCUT2D eigenvalue weighted by Crippen LogP contribution is 2.28. The quantitative estimate of drug-likeness (QED) is 0.727. The van der Waals surface area contributed by atoms with Crippen LogP contribution in [0.15, 0.2) is 24.3 Å². The third kappa shape index (κ3) is 5.45. The predicted molar refractivity (Wildman–Crippen MR) is 104 cm³/mol. The molecule has 0 unspecified atom stereocenters. The van der Waals surface area contributed by atoms with Crippen molar-refractivity contribution in [3.63, 3.8) is 0 Å². The van der Waals surface area contributed by atoms with Gasteiger partial charge in [0.2, 0.25) is 10.0 Å². The molecule has 0 aromatic heterocycles. The number of carbonyl (C=O) groups excluding carboxylic acids is 1. The first-order chi connectivity index (χ1) is 12.5. The number of sulfonamides is 1. The molecule has 0 radical (unpaired) electrons. The molecule has 0 spiro atoms. The van der Waals surface area contributed by atoms with Crippen LogP contribution in [0.25, 0.3) is 0 Å². The van der Waals surface area contributed by atoms with E-state index in [1.54, 1.807) is 24.3 Å². The number of anilines is 1. The summed E-state index contributed by atoms with van der Waals surface area (Å²) >= 11 is 0. The Morgan fingerprint density at radius 3 is 2.58 bits per heavy atom. The molecule has 6 nitrogen and oxygen atoms in total. The topological polar surface area (TPSA) is 78.5 Å². The van der Waals surface area contributed by atoms with Gasteiger partial charge >= 0.3 is 0 Å². The van der Waals surface area contributed by atoms with E-state index in [-0.39, 0.29) is 11.7 Å². The minimum absolute atomic E-state index is 0.0258. The van der Waals surface area contributed by atoms with Crippen LogP contribution in [-0.4, -0.2) is 50.7 Å². The monoisotopic (exact) mass is 379 g/mol. The summed E-state index contributed by atoms with van der Waals surface area (Å²) in [5.41, 5.74) is 0.983. The Morgan fingerprint density at radius 2 is 1.92 bits per heavy atom. The summed E-state index contributed by atoms with van der Waals surface area (Å²) in [7, 11) is -3.35. The van der Waals surface area contributed by atoms with Crippen LogP contribution in [0.4, 0.5) is 5.69 Å². The zero-order valence-electron chi connectivity index (χ0n) is 15.4. The summed E-state index contributed by atoms with van der Waals surface area (Å²) in [6.07, 6.45) is 5.20. The average molecular weight is 380 g/mol. The number of rotatable bonds is 8. The summed E-state index contributed by atoms with van der Waals surface area (Å²) in [5.74, 6) is 0.920. The summed E-state index contributed by atoms with van der Waals surface area (Å²) in [4.78, 5) is 14.6. The first-order valence-electron chi connectivity index (χ1n) is 9.60. The van der Waals surface area contributed by atoms with Crippen LogP contribution >= 0.6 is 0 Å². The van der Waals surface area contributed by atoms with Crippen molar-refractivity contribution >= 4 is 21.6 Å². The molecule has 1 aromatic rings. The van der Waals surface area contributed by atoms with Crippen molar-refractivity contribution in [3.8, 4) is 0 Å². The SMILES string of the molecule is CCCS(=O)(=O)Nc1cccc(C(=O)N2CCC(NCC3CC3)CC2)c1. The molecular formula is C19H29N3O3S. The van der Waals surface area contributed by atoms with Crippen molar-refractivity contribution in [1.29, 1.82) is 0 Å². The van der Waals surface area contributed by atoms with E-state index >= 15 is 0 Å². The zero-order valence-corrected chi connectivity index (χ0v) is 16.2. The Balaban J connectivity index is 1.55. The molecule has 1 saturated heterocycles. The van der Waals surface area contributed by atoms with Gasteiger partial charge in [0.1, 0.15) is 0 Å². The number of carbonyl (C=O) groups is 1. The van der Waals surface area contributed by atoms with E-state index in [1.807, 2.05) is 11.8 Å². The highest BCUT2D eigenvalue weighted by atomic mass is 32.2. The molecule has 1 amide bonds. The number of nitrogens with one attached hydrogen (secondary N) is 2. The van der Waals surface area contributed by atoms with Crippen LogP contribution in [0.1, 0.15) is 49.4 Å². The molecule has 144 valence electrons. The predicted octanol–water partition coefficient (Wildman–Crippen LogP) is 2.44. The van der Waals surface area contributed by atoms with Gasteiger partial charge in [-0.25, -0.2) is 8.42 Å². The lowest BCUT2D eigenvalue weighted by atomic mass is 10.0. The van der Waals surface area contributed by atoms with E-state index < -0.39 is 10.0 Å². The second kappa shape index (κ2) is 8.39. The molecule has 2 aliphatic rings. The first-order valence-corrected chi connectivity index (χ1v) is 11.3. The third-order valence-corrected chi connectivity index (χ3v) is 6.52. The van der Waals surface area contributed by atoms with Gasteiger partial charge in [-0.2, -0.15) is 0 Å². The lowest BCUT2D eigenvalue weighted by Crippen LogP contribution is -2.45. The zero-order chi connectivity index (χ0) is 18.6. The standard InChI is InChI=1S/C19H29N3O3S/c1-2-12-26(24,25)21-18-5-3-4-16(13-18)19(23)22-10-8-17(9-11-22)20-14-15-6-7-15/h3-5,13,15,17,20-21H,2,6-12,14H2,1H3. The number of nitrogens with zero attached hydrogens (tertiary/aromatic N) is 1. The minimum atomic E-state index is -3.35. The summed E-state index contributed by atoms with van der Waals surface area (Å²) < 4.78 is 26.4. The Hall–Kier alpha value is -1.60. The van der Waals surface area contributed by atoms with Gasteiger partial charge in [0.25, 0.3) is 5.91 Å². The number of likely N-dealkylation sites (tertiary alicyclic amines) is 1. The molecule has 1 heterocycles. The van der Waals surface area contributed by atoms with Crippen LogP contribution in [0.2, 0.25) is 0 Å². The van der Waals surface area contributed by atoms with Crippen LogP contribution in [0, 0.1) is 5.92 Å². The van der Waals surface area contributed by atoms with Gasteiger partial charge in [-0.3, -0.25) is 9.52 Å². The molecule has 7 heteroatoms. The van der Waals surface area contributed by atoms with E-state index in [1.165, 1.54) is 12.8 Å².